The Labute approximate surface area is 172 Å². The molecule has 3 aromatic carbocycles. The van der Waals surface area contributed by atoms with Gasteiger partial charge in [0.15, 0.2) is 0 Å². The van der Waals surface area contributed by atoms with Crippen LogP contribution in [0.25, 0.3) is 33.1 Å². The largest absolute Gasteiger partial charge is 0.537 e. The fraction of sp³-hybridized carbons (Fsp3) is 0.250. The van der Waals surface area contributed by atoms with Crippen molar-refractivity contribution in [1.82, 2.24) is 0 Å². The van der Waals surface area contributed by atoms with E-state index in [1.807, 2.05) is 39.0 Å². The first kappa shape index (κ1) is 19.9. The van der Waals surface area contributed by atoms with Crippen molar-refractivity contribution in [1.29, 1.82) is 0 Å². The lowest BCUT2D eigenvalue weighted by Gasteiger charge is -2.28. The van der Waals surface area contributed by atoms with Crippen molar-refractivity contribution in [3.05, 3.63) is 66.7 Å². The first-order valence-electron chi connectivity index (χ1n) is 10.1. The van der Waals surface area contributed by atoms with Gasteiger partial charge in [0.2, 0.25) is 0 Å². The van der Waals surface area contributed by atoms with Crippen LogP contribution in [0.1, 0.15) is 20.8 Å². The van der Waals surface area contributed by atoms with Crippen LogP contribution in [-0.2, 0) is 13.3 Å². The van der Waals surface area contributed by atoms with Crippen LogP contribution in [0.5, 0.6) is 0 Å². The highest BCUT2D eigenvalue weighted by Crippen LogP contribution is 2.30. The number of hydrogen-bond donors (Lipinski definition) is 0. The fourth-order valence-corrected chi connectivity index (χ4v) is 6.17. The lowest BCUT2D eigenvalue weighted by molar-refractivity contribution is 0.0859. The van der Waals surface area contributed by atoms with Gasteiger partial charge in [-0.1, -0.05) is 42.5 Å². The third kappa shape index (κ3) is 3.87. The molecular formula is C24H26O4Si. The summed E-state index contributed by atoms with van der Waals surface area (Å²) in [5.74, 6) is 0.862. The molecule has 5 heteroatoms. The molecule has 0 bridgehead atoms. The quantitative estimate of drug-likeness (QED) is 0.362. The lowest BCUT2D eigenvalue weighted by atomic mass is 10.1. The number of hydrogen-bond acceptors (Lipinski definition) is 4. The van der Waals surface area contributed by atoms with Crippen molar-refractivity contribution in [2.75, 3.05) is 19.8 Å². The van der Waals surface area contributed by atoms with Crippen molar-refractivity contribution in [2.45, 2.75) is 20.8 Å². The minimum atomic E-state index is -2.94. The third-order valence-corrected chi connectivity index (χ3v) is 7.93. The van der Waals surface area contributed by atoms with Gasteiger partial charge in [-0.25, -0.2) is 0 Å². The van der Waals surface area contributed by atoms with Gasteiger partial charge in [0.1, 0.15) is 11.3 Å². The molecule has 0 unspecified atom stereocenters. The van der Waals surface area contributed by atoms with Gasteiger partial charge in [-0.05, 0) is 55.8 Å². The summed E-state index contributed by atoms with van der Waals surface area (Å²) in [4.78, 5) is 0. The summed E-state index contributed by atoms with van der Waals surface area (Å²) in [5, 5.41) is 4.35. The summed E-state index contributed by atoms with van der Waals surface area (Å²) in [6.45, 7) is 7.55. The minimum absolute atomic E-state index is 0.545. The Morgan fingerprint density at radius 2 is 1.38 bits per heavy atom. The molecule has 4 aromatic rings. The Hall–Kier alpha value is -2.44. The molecule has 0 saturated heterocycles. The average Bonchev–Trinajstić information content (AvgIpc) is 3.18. The van der Waals surface area contributed by atoms with E-state index in [1.54, 1.807) is 0 Å². The number of furan rings is 1. The van der Waals surface area contributed by atoms with Crippen LogP contribution >= 0.6 is 0 Å². The molecule has 0 fully saturated rings. The van der Waals surface area contributed by atoms with Gasteiger partial charge in [-0.3, -0.25) is 0 Å². The Bertz CT molecular complexity index is 1070. The highest BCUT2D eigenvalue weighted by atomic mass is 28.4. The molecule has 0 radical (unpaired) electrons. The van der Waals surface area contributed by atoms with Crippen LogP contribution in [0, 0.1) is 0 Å². The molecule has 0 N–H and O–H groups in total. The molecule has 1 aromatic heterocycles. The van der Waals surface area contributed by atoms with Gasteiger partial charge in [-0.15, -0.1) is 0 Å². The van der Waals surface area contributed by atoms with Crippen LogP contribution in [0.3, 0.4) is 0 Å². The van der Waals surface area contributed by atoms with E-state index in [1.165, 1.54) is 0 Å². The predicted octanol–water partition coefficient (Wildman–Crippen LogP) is 5.51. The van der Waals surface area contributed by atoms with E-state index in [0.717, 1.165) is 38.3 Å². The second-order valence-electron chi connectivity index (χ2n) is 6.78. The zero-order valence-corrected chi connectivity index (χ0v) is 18.1. The van der Waals surface area contributed by atoms with Gasteiger partial charge in [0, 0.05) is 36.0 Å². The molecule has 0 spiro atoms. The summed E-state index contributed by atoms with van der Waals surface area (Å²) >= 11 is 0. The second-order valence-corrected chi connectivity index (χ2v) is 9.34. The number of benzene rings is 3. The molecule has 4 nitrogen and oxygen atoms in total. The first-order valence-corrected chi connectivity index (χ1v) is 11.9. The molecule has 0 atom stereocenters. The van der Waals surface area contributed by atoms with Crippen LogP contribution in [-0.4, -0.2) is 28.6 Å². The van der Waals surface area contributed by atoms with E-state index in [4.69, 9.17) is 17.7 Å². The predicted molar refractivity (Wildman–Crippen MR) is 119 cm³/mol. The first-order chi connectivity index (χ1) is 14.2. The van der Waals surface area contributed by atoms with Gasteiger partial charge >= 0.3 is 8.80 Å². The van der Waals surface area contributed by atoms with Gasteiger partial charge in [0.25, 0.3) is 0 Å². The number of para-hydroxylation sites is 1. The van der Waals surface area contributed by atoms with Crippen molar-refractivity contribution in [3.63, 3.8) is 0 Å². The van der Waals surface area contributed by atoms with Crippen molar-refractivity contribution >= 4 is 35.7 Å². The Balaban J connectivity index is 1.79. The van der Waals surface area contributed by atoms with Crippen molar-refractivity contribution in [2.24, 2.45) is 0 Å². The van der Waals surface area contributed by atoms with Gasteiger partial charge in [-0.2, -0.15) is 0 Å². The molecule has 150 valence electrons. The minimum Gasteiger partial charge on any atom is -0.456 e. The number of fused-ring (bicyclic) bond motifs is 2. The van der Waals surface area contributed by atoms with Gasteiger partial charge in [0.05, 0.1) is 0 Å². The van der Waals surface area contributed by atoms with Gasteiger partial charge < -0.3 is 17.7 Å². The maximum atomic E-state index is 6.08. The molecule has 0 amide bonds. The molecule has 29 heavy (non-hydrogen) atoms. The molecule has 1 heterocycles. The zero-order chi connectivity index (χ0) is 20.3. The normalized spacial score (nSPS) is 12.1. The highest BCUT2D eigenvalue weighted by Gasteiger charge is 2.43. The van der Waals surface area contributed by atoms with E-state index in [2.05, 4.69) is 48.5 Å². The molecule has 0 saturated carbocycles. The van der Waals surface area contributed by atoms with Crippen molar-refractivity contribution in [3.8, 4) is 11.3 Å². The molecular weight excluding hydrogens is 380 g/mol. The van der Waals surface area contributed by atoms with E-state index in [-0.39, 0.29) is 0 Å². The van der Waals surface area contributed by atoms with Crippen LogP contribution in [0.15, 0.2) is 71.1 Å². The third-order valence-electron chi connectivity index (χ3n) is 4.91. The molecule has 0 aliphatic rings. The van der Waals surface area contributed by atoms with Crippen molar-refractivity contribution < 1.29 is 17.7 Å². The van der Waals surface area contributed by atoms with E-state index in [9.17, 15) is 0 Å². The van der Waals surface area contributed by atoms with Crippen LogP contribution in [0.4, 0.5) is 0 Å². The maximum absolute atomic E-state index is 6.08. The van der Waals surface area contributed by atoms with Crippen LogP contribution < -0.4 is 5.19 Å². The SMILES string of the molecule is CCO[Si](OCC)(OCC)c1ccc2ccc(-c3cc4ccccc4o3)cc2c1. The summed E-state index contributed by atoms with van der Waals surface area (Å²) in [5.41, 5.74) is 1.94. The highest BCUT2D eigenvalue weighted by molar-refractivity contribution is 6.75. The average molecular weight is 407 g/mol. The molecule has 4 rings (SSSR count). The maximum Gasteiger partial charge on any atom is 0.537 e. The monoisotopic (exact) mass is 406 g/mol. The standard InChI is InChI=1S/C24H26O4Si/c1-4-25-29(26-5-2,27-6-3)22-14-13-18-11-12-20(15-21(18)16-22)24-17-19-9-7-8-10-23(19)28-24/h7-17H,4-6H2,1-3H3. The number of rotatable bonds is 8. The summed E-state index contributed by atoms with van der Waals surface area (Å²) in [6.07, 6.45) is 0. The summed E-state index contributed by atoms with van der Waals surface area (Å²) in [6, 6.07) is 22.8. The van der Waals surface area contributed by atoms with E-state index >= 15 is 0 Å². The zero-order valence-electron chi connectivity index (χ0n) is 17.1. The van der Waals surface area contributed by atoms with E-state index < -0.39 is 8.80 Å². The summed E-state index contributed by atoms with van der Waals surface area (Å²) in [7, 11) is -2.94. The molecule has 0 aliphatic heterocycles. The van der Waals surface area contributed by atoms with Crippen LogP contribution in [0.2, 0.25) is 0 Å². The smallest absolute Gasteiger partial charge is 0.456 e. The summed E-state index contributed by atoms with van der Waals surface area (Å²) < 4.78 is 24.3. The van der Waals surface area contributed by atoms with E-state index in [0.29, 0.717) is 19.8 Å². The Morgan fingerprint density at radius 3 is 2.07 bits per heavy atom. The lowest BCUT2D eigenvalue weighted by Crippen LogP contribution is -2.56. The fourth-order valence-electron chi connectivity index (χ4n) is 3.66. The topological polar surface area (TPSA) is 40.8 Å². The molecule has 0 aliphatic carbocycles. The Kier molecular flexibility index (Phi) is 5.83. The second kappa shape index (κ2) is 8.51. The Morgan fingerprint density at radius 1 is 0.690 bits per heavy atom.